The lowest BCUT2D eigenvalue weighted by atomic mass is 9.87. The Bertz CT molecular complexity index is 1010. The summed E-state index contributed by atoms with van der Waals surface area (Å²) in [4.78, 5) is 27.5. The van der Waals surface area contributed by atoms with Crippen LogP contribution in [0.1, 0.15) is 34.5 Å². The van der Waals surface area contributed by atoms with Gasteiger partial charge in [-0.25, -0.2) is 4.98 Å². The van der Waals surface area contributed by atoms with Gasteiger partial charge in [-0.2, -0.15) is 0 Å². The Morgan fingerprint density at radius 1 is 1.07 bits per heavy atom. The summed E-state index contributed by atoms with van der Waals surface area (Å²) < 4.78 is 0. The van der Waals surface area contributed by atoms with E-state index in [1.807, 2.05) is 37.3 Å². The average Bonchev–Trinajstić information content (AvgIpc) is 2.75. The number of pyridine rings is 1. The maximum absolute atomic E-state index is 13.0. The molecule has 0 atom stereocenters. The number of nitrogens with two attached hydrogens (primary N) is 1. The van der Waals surface area contributed by atoms with Crippen molar-refractivity contribution in [2.24, 2.45) is 0 Å². The van der Waals surface area contributed by atoms with Crippen LogP contribution in [0.4, 0.5) is 5.82 Å². The van der Waals surface area contributed by atoms with Crippen LogP contribution in [0.3, 0.4) is 0 Å². The Hall–Kier alpha value is -3.32. The second-order valence-corrected chi connectivity index (χ2v) is 7.45. The highest BCUT2D eigenvalue weighted by Gasteiger charge is 2.36. The lowest BCUT2D eigenvalue weighted by Crippen LogP contribution is -2.45. The number of aromatic nitrogens is 3. The number of piperidine rings is 1. The summed E-state index contributed by atoms with van der Waals surface area (Å²) in [5.41, 5.74) is 8.36. The number of aryl methyl sites for hydroxylation is 1. The predicted molar refractivity (Wildman–Crippen MR) is 110 cm³/mol. The quantitative estimate of drug-likeness (QED) is 0.713. The molecule has 1 aliphatic heterocycles. The highest BCUT2D eigenvalue weighted by atomic mass is 16.3. The van der Waals surface area contributed by atoms with Crippen molar-refractivity contribution in [3.05, 3.63) is 71.8 Å². The van der Waals surface area contributed by atoms with Gasteiger partial charge in [-0.15, -0.1) is 0 Å². The van der Waals surface area contributed by atoms with Gasteiger partial charge in [0, 0.05) is 30.4 Å². The largest absolute Gasteiger partial charge is 0.383 e. The van der Waals surface area contributed by atoms with E-state index in [9.17, 15) is 9.90 Å². The van der Waals surface area contributed by atoms with Gasteiger partial charge in [0.05, 0.1) is 23.8 Å². The number of benzene rings is 1. The molecule has 3 N–H and O–H groups in total. The van der Waals surface area contributed by atoms with Crippen LogP contribution in [-0.4, -0.2) is 44.0 Å². The third kappa shape index (κ3) is 3.95. The van der Waals surface area contributed by atoms with Crippen LogP contribution in [0.5, 0.6) is 0 Å². The van der Waals surface area contributed by atoms with Gasteiger partial charge in [-0.05, 0) is 43.5 Å². The standard InChI is InChI=1S/C22H23N5O2/c1-15-5-6-19(25-12-15)22(29)7-9-27(10-8-22)21(28)17-4-2-3-16(11-17)18-13-26-20(23)14-24-18/h2-6,11-14,29H,7-10H2,1H3,(H2,23,26). The number of amides is 1. The molecule has 0 saturated carbocycles. The zero-order valence-corrected chi connectivity index (χ0v) is 16.2. The van der Waals surface area contributed by atoms with Gasteiger partial charge >= 0.3 is 0 Å². The summed E-state index contributed by atoms with van der Waals surface area (Å²) >= 11 is 0. The number of anilines is 1. The molecule has 1 saturated heterocycles. The SMILES string of the molecule is Cc1ccc(C2(O)CCN(C(=O)c3cccc(-c4cnc(N)cn4)c3)CC2)nc1. The molecule has 7 heteroatoms. The molecule has 3 heterocycles. The van der Waals surface area contributed by atoms with Crippen LogP contribution in [0.25, 0.3) is 11.3 Å². The first-order chi connectivity index (χ1) is 13.9. The van der Waals surface area contributed by atoms with E-state index in [1.165, 1.54) is 6.20 Å². The Labute approximate surface area is 169 Å². The maximum atomic E-state index is 13.0. The smallest absolute Gasteiger partial charge is 0.253 e. The number of hydrogen-bond donors (Lipinski definition) is 2. The second-order valence-electron chi connectivity index (χ2n) is 7.45. The molecule has 1 aliphatic rings. The third-order valence-corrected chi connectivity index (χ3v) is 5.34. The highest BCUT2D eigenvalue weighted by molar-refractivity contribution is 5.95. The molecule has 1 fully saturated rings. The van der Waals surface area contributed by atoms with Crippen LogP contribution in [-0.2, 0) is 5.60 Å². The Morgan fingerprint density at radius 2 is 1.86 bits per heavy atom. The lowest BCUT2D eigenvalue weighted by Gasteiger charge is -2.38. The molecule has 4 rings (SSSR count). The molecule has 1 aromatic carbocycles. The van der Waals surface area contributed by atoms with E-state index >= 15 is 0 Å². The number of likely N-dealkylation sites (tertiary alicyclic amines) is 1. The summed E-state index contributed by atoms with van der Waals surface area (Å²) in [6.45, 7) is 2.90. The summed E-state index contributed by atoms with van der Waals surface area (Å²) in [5.74, 6) is 0.291. The predicted octanol–water partition coefficient (Wildman–Crippen LogP) is 2.55. The van der Waals surface area contributed by atoms with E-state index in [1.54, 1.807) is 23.4 Å². The first-order valence-corrected chi connectivity index (χ1v) is 9.57. The maximum Gasteiger partial charge on any atom is 0.253 e. The van der Waals surface area contributed by atoms with E-state index in [0.717, 1.165) is 11.1 Å². The van der Waals surface area contributed by atoms with E-state index in [-0.39, 0.29) is 5.91 Å². The van der Waals surface area contributed by atoms with E-state index < -0.39 is 5.60 Å². The van der Waals surface area contributed by atoms with Crippen LogP contribution in [0, 0.1) is 6.92 Å². The minimum absolute atomic E-state index is 0.0610. The van der Waals surface area contributed by atoms with Crippen molar-refractivity contribution in [2.75, 3.05) is 18.8 Å². The van der Waals surface area contributed by atoms with Crippen LogP contribution < -0.4 is 5.73 Å². The van der Waals surface area contributed by atoms with Crippen molar-refractivity contribution >= 4 is 11.7 Å². The molecule has 7 nitrogen and oxygen atoms in total. The molecular weight excluding hydrogens is 366 g/mol. The zero-order valence-electron chi connectivity index (χ0n) is 16.2. The number of rotatable bonds is 3. The van der Waals surface area contributed by atoms with Gasteiger partial charge in [-0.3, -0.25) is 14.8 Å². The van der Waals surface area contributed by atoms with E-state index in [2.05, 4.69) is 15.0 Å². The summed E-state index contributed by atoms with van der Waals surface area (Å²) in [6.07, 6.45) is 5.76. The van der Waals surface area contributed by atoms with Gasteiger partial charge in [0.15, 0.2) is 0 Å². The zero-order chi connectivity index (χ0) is 20.4. The number of nitrogens with zero attached hydrogens (tertiary/aromatic N) is 4. The fraction of sp³-hybridized carbons (Fsp3) is 0.273. The molecule has 1 amide bonds. The number of carbonyl (C=O) groups is 1. The molecule has 0 spiro atoms. The van der Waals surface area contributed by atoms with E-state index in [0.29, 0.717) is 48.7 Å². The Morgan fingerprint density at radius 3 is 2.52 bits per heavy atom. The number of aliphatic hydroxyl groups is 1. The molecule has 0 bridgehead atoms. The minimum Gasteiger partial charge on any atom is -0.383 e. The highest BCUT2D eigenvalue weighted by Crippen LogP contribution is 2.32. The minimum atomic E-state index is -0.994. The van der Waals surface area contributed by atoms with Crippen molar-refractivity contribution in [2.45, 2.75) is 25.4 Å². The van der Waals surface area contributed by atoms with Gasteiger partial charge in [0.2, 0.25) is 0 Å². The van der Waals surface area contributed by atoms with Crippen LogP contribution in [0.15, 0.2) is 55.0 Å². The van der Waals surface area contributed by atoms with Crippen LogP contribution >= 0.6 is 0 Å². The topological polar surface area (TPSA) is 105 Å². The average molecular weight is 389 g/mol. The Kier molecular flexibility index (Phi) is 4.98. The van der Waals surface area contributed by atoms with Crippen molar-refractivity contribution < 1.29 is 9.90 Å². The number of carbonyl (C=O) groups excluding carboxylic acids is 1. The molecular formula is C22H23N5O2. The first kappa shape index (κ1) is 19.0. The van der Waals surface area contributed by atoms with Crippen molar-refractivity contribution in [1.82, 2.24) is 19.9 Å². The molecule has 0 radical (unpaired) electrons. The lowest BCUT2D eigenvalue weighted by molar-refractivity contribution is -0.0244. The normalized spacial score (nSPS) is 15.9. The fourth-order valence-corrected chi connectivity index (χ4v) is 3.56. The van der Waals surface area contributed by atoms with Gasteiger partial charge < -0.3 is 15.7 Å². The monoisotopic (exact) mass is 389 g/mol. The molecule has 148 valence electrons. The van der Waals surface area contributed by atoms with E-state index in [4.69, 9.17) is 5.73 Å². The molecule has 0 unspecified atom stereocenters. The summed E-state index contributed by atoms with van der Waals surface area (Å²) in [7, 11) is 0. The fourth-order valence-electron chi connectivity index (χ4n) is 3.56. The third-order valence-electron chi connectivity index (χ3n) is 5.34. The van der Waals surface area contributed by atoms with Crippen molar-refractivity contribution in [3.8, 4) is 11.3 Å². The van der Waals surface area contributed by atoms with Crippen LogP contribution in [0.2, 0.25) is 0 Å². The van der Waals surface area contributed by atoms with Gasteiger partial charge in [0.25, 0.3) is 5.91 Å². The molecule has 3 aromatic rings. The molecule has 2 aromatic heterocycles. The number of nitrogen functional groups attached to an aromatic ring is 1. The first-order valence-electron chi connectivity index (χ1n) is 9.57. The second kappa shape index (κ2) is 7.60. The summed E-state index contributed by atoms with van der Waals surface area (Å²) in [5, 5.41) is 11.0. The van der Waals surface area contributed by atoms with Crippen molar-refractivity contribution in [3.63, 3.8) is 0 Å². The van der Waals surface area contributed by atoms with Gasteiger partial charge in [0.1, 0.15) is 11.4 Å². The molecule has 0 aliphatic carbocycles. The Balaban J connectivity index is 1.48. The van der Waals surface area contributed by atoms with Crippen molar-refractivity contribution in [1.29, 1.82) is 0 Å². The number of hydrogen-bond acceptors (Lipinski definition) is 6. The molecule has 29 heavy (non-hydrogen) atoms. The summed E-state index contributed by atoms with van der Waals surface area (Å²) in [6, 6.07) is 11.1. The van der Waals surface area contributed by atoms with Gasteiger partial charge in [-0.1, -0.05) is 18.2 Å².